The molecule has 1 radical (unpaired) electrons. The smallest absolute Gasteiger partial charge is 0.0894 e. The van der Waals surface area contributed by atoms with E-state index in [0.717, 1.165) is 5.92 Å². The fraction of sp³-hybridized carbons (Fsp3) is 0.625. The van der Waals surface area contributed by atoms with Crippen LogP contribution in [0.3, 0.4) is 0 Å². The molecule has 0 unspecified atom stereocenters. The van der Waals surface area contributed by atoms with Gasteiger partial charge in [-0.2, -0.15) is 5.10 Å². The van der Waals surface area contributed by atoms with E-state index < -0.39 is 0 Å². The van der Waals surface area contributed by atoms with Crippen LogP contribution >= 0.6 is 0 Å². The first-order valence-corrected chi connectivity index (χ1v) is 3.70. The van der Waals surface area contributed by atoms with Crippen LogP contribution in [-0.4, -0.2) is 9.78 Å². The van der Waals surface area contributed by atoms with Crippen molar-refractivity contribution in [1.82, 2.24) is 9.78 Å². The van der Waals surface area contributed by atoms with Crippen molar-refractivity contribution in [3.63, 3.8) is 0 Å². The summed E-state index contributed by atoms with van der Waals surface area (Å²) in [5.74, 6) is 0.762. The fourth-order valence-electron chi connectivity index (χ4n) is 1.31. The summed E-state index contributed by atoms with van der Waals surface area (Å²) in [4.78, 5) is 0. The van der Waals surface area contributed by atoms with Gasteiger partial charge in [0.05, 0.1) is 11.9 Å². The second-order valence-electron chi connectivity index (χ2n) is 3.02. The second kappa shape index (κ2) is 1.84. The van der Waals surface area contributed by atoms with Gasteiger partial charge in [-0.15, -0.1) is 0 Å². The molecule has 1 aliphatic carbocycles. The highest BCUT2D eigenvalue weighted by molar-refractivity contribution is 5.21. The predicted octanol–water partition coefficient (Wildman–Crippen LogP) is 1.41. The molecule has 1 fully saturated rings. The molecular weight excluding hydrogens is 124 g/mol. The lowest BCUT2D eigenvalue weighted by atomic mass is 10.2. The molecule has 53 valence electrons. The highest BCUT2D eigenvalue weighted by atomic mass is 15.3. The number of rotatable bonds is 1. The molecule has 0 N–H and O–H groups in total. The highest BCUT2D eigenvalue weighted by Gasteiger charge is 2.27. The molecule has 1 aromatic rings. The number of aromatic nitrogens is 2. The number of aryl methyl sites for hydroxylation is 2. The summed E-state index contributed by atoms with van der Waals surface area (Å²) in [5, 5.41) is 4.33. The molecule has 2 heteroatoms. The zero-order valence-electron chi connectivity index (χ0n) is 6.39. The van der Waals surface area contributed by atoms with E-state index in [1.807, 2.05) is 7.05 Å². The standard InChI is InChI=1S/C8H11N2/c1-6-5-10(2)9-8(6)7-3-4-7/h7H,3-4H2,1-2H3. The maximum atomic E-state index is 4.33. The van der Waals surface area contributed by atoms with Crippen molar-refractivity contribution in [2.75, 3.05) is 0 Å². The van der Waals surface area contributed by atoms with Gasteiger partial charge >= 0.3 is 0 Å². The summed E-state index contributed by atoms with van der Waals surface area (Å²) in [6.07, 6.45) is 5.78. The van der Waals surface area contributed by atoms with Crippen LogP contribution in [0, 0.1) is 13.1 Å². The molecule has 1 saturated carbocycles. The van der Waals surface area contributed by atoms with Gasteiger partial charge < -0.3 is 0 Å². The van der Waals surface area contributed by atoms with E-state index in [1.165, 1.54) is 24.1 Å². The van der Waals surface area contributed by atoms with E-state index >= 15 is 0 Å². The maximum absolute atomic E-state index is 4.33. The number of nitrogens with zero attached hydrogens (tertiary/aromatic N) is 2. The largest absolute Gasteiger partial charge is 0.266 e. The Bertz CT molecular complexity index is 246. The fourth-order valence-corrected chi connectivity index (χ4v) is 1.31. The number of hydrogen-bond donors (Lipinski definition) is 0. The normalized spacial score (nSPS) is 17.8. The summed E-state index contributed by atoms with van der Waals surface area (Å²) in [6, 6.07) is 0. The van der Waals surface area contributed by atoms with Gasteiger partial charge in [0, 0.05) is 18.5 Å². The lowest BCUT2D eigenvalue weighted by Crippen LogP contribution is -1.89. The SMILES string of the molecule is Cc1[c]n(C)nc1C1CC1. The minimum absolute atomic E-state index is 0.762. The van der Waals surface area contributed by atoms with Crippen LogP contribution in [-0.2, 0) is 7.05 Å². The Morgan fingerprint density at radius 2 is 2.30 bits per heavy atom. The van der Waals surface area contributed by atoms with Gasteiger partial charge in [-0.3, -0.25) is 4.68 Å². The van der Waals surface area contributed by atoms with Crippen molar-refractivity contribution in [2.45, 2.75) is 25.7 Å². The van der Waals surface area contributed by atoms with Crippen molar-refractivity contribution < 1.29 is 0 Å². The van der Waals surface area contributed by atoms with Crippen molar-refractivity contribution in [3.05, 3.63) is 17.5 Å². The molecule has 0 aliphatic heterocycles. The topological polar surface area (TPSA) is 17.8 Å². The minimum atomic E-state index is 0.762. The third kappa shape index (κ3) is 0.838. The molecule has 0 bridgehead atoms. The Hall–Kier alpha value is -0.790. The van der Waals surface area contributed by atoms with Crippen molar-refractivity contribution in [2.24, 2.45) is 7.05 Å². The summed E-state index contributed by atoms with van der Waals surface area (Å²) in [7, 11) is 1.93. The third-order valence-electron chi connectivity index (χ3n) is 1.94. The van der Waals surface area contributed by atoms with E-state index in [9.17, 15) is 0 Å². The zero-order chi connectivity index (χ0) is 7.14. The zero-order valence-corrected chi connectivity index (χ0v) is 6.39. The first kappa shape index (κ1) is 5.96. The van der Waals surface area contributed by atoms with E-state index in [4.69, 9.17) is 0 Å². The van der Waals surface area contributed by atoms with Gasteiger partial charge in [0.1, 0.15) is 0 Å². The molecule has 0 spiro atoms. The van der Waals surface area contributed by atoms with Gasteiger partial charge in [0.2, 0.25) is 0 Å². The average Bonchev–Trinajstić information content (AvgIpc) is 2.61. The Morgan fingerprint density at radius 3 is 2.70 bits per heavy atom. The molecule has 0 atom stereocenters. The Kier molecular flexibility index (Phi) is 1.10. The van der Waals surface area contributed by atoms with E-state index in [0.29, 0.717) is 0 Å². The molecule has 2 rings (SSSR count). The summed E-state index contributed by atoms with van der Waals surface area (Å²) < 4.78 is 1.78. The van der Waals surface area contributed by atoms with E-state index in [2.05, 4.69) is 18.2 Å². The molecule has 1 aliphatic rings. The summed E-state index contributed by atoms with van der Waals surface area (Å²) >= 11 is 0. The monoisotopic (exact) mass is 135 g/mol. The Balaban J connectivity index is 2.38. The van der Waals surface area contributed by atoms with Crippen LogP contribution in [0.25, 0.3) is 0 Å². The van der Waals surface area contributed by atoms with Gasteiger partial charge in [-0.1, -0.05) is 0 Å². The summed E-state index contributed by atoms with van der Waals surface area (Å²) in [5.41, 5.74) is 2.49. The molecule has 1 heterocycles. The van der Waals surface area contributed by atoms with Crippen LogP contribution in [0.2, 0.25) is 0 Å². The van der Waals surface area contributed by atoms with Gasteiger partial charge in [-0.05, 0) is 19.8 Å². The quantitative estimate of drug-likeness (QED) is 0.569. The lowest BCUT2D eigenvalue weighted by molar-refractivity contribution is 0.739. The van der Waals surface area contributed by atoms with Gasteiger partial charge in [0.15, 0.2) is 0 Å². The van der Waals surface area contributed by atoms with E-state index in [1.54, 1.807) is 4.68 Å². The van der Waals surface area contributed by atoms with Crippen molar-refractivity contribution >= 4 is 0 Å². The molecular formula is C8H11N2. The van der Waals surface area contributed by atoms with Gasteiger partial charge in [0.25, 0.3) is 0 Å². The minimum Gasteiger partial charge on any atom is -0.266 e. The summed E-state index contributed by atoms with van der Waals surface area (Å²) in [6.45, 7) is 2.08. The van der Waals surface area contributed by atoms with Crippen molar-refractivity contribution in [3.8, 4) is 0 Å². The van der Waals surface area contributed by atoms with Crippen LogP contribution < -0.4 is 0 Å². The third-order valence-corrected chi connectivity index (χ3v) is 1.94. The molecule has 0 saturated heterocycles. The first-order valence-electron chi connectivity index (χ1n) is 3.70. The van der Waals surface area contributed by atoms with Crippen molar-refractivity contribution in [1.29, 1.82) is 0 Å². The molecule has 0 amide bonds. The Morgan fingerprint density at radius 1 is 1.60 bits per heavy atom. The maximum Gasteiger partial charge on any atom is 0.0894 e. The Labute approximate surface area is 60.9 Å². The molecule has 0 aromatic carbocycles. The van der Waals surface area contributed by atoms with E-state index in [-0.39, 0.29) is 0 Å². The van der Waals surface area contributed by atoms with Gasteiger partial charge in [-0.25, -0.2) is 0 Å². The van der Waals surface area contributed by atoms with Crippen LogP contribution in [0.15, 0.2) is 0 Å². The van der Waals surface area contributed by atoms with Crippen LogP contribution in [0.5, 0.6) is 0 Å². The highest BCUT2D eigenvalue weighted by Crippen LogP contribution is 2.40. The number of hydrogen-bond acceptors (Lipinski definition) is 1. The van der Waals surface area contributed by atoms with Crippen LogP contribution in [0.1, 0.15) is 30.0 Å². The van der Waals surface area contributed by atoms with Crippen LogP contribution in [0.4, 0.5) is 0 Å². The second-order valence-corrected chi connectivity index (χ2v) is 3.02. The average molecular weight is 135 g/mol. The molecule has 1 aromatic heterocycles. The molecule has 2 nitrogen and oxygen atoms in total. The lowest BCUT2D eigenvalue weighted by Gasteiger charge is -1.88. The molecule has 10 heavy (non-hydrogen) atoms. The first-order chi connectivity index (χ1) is 4.77. The predicted molar refractivity (Wildman–Crippen MR) is 38.8 cm³/mol.